The number of aromatic nitrogens is 2. The number of aryl methyl sites for hydroxylation is 1. The van der Waals surface area contributed by atoms with E-state index in [1.54, 1.807) is 80.0 Å². The predicted octanol–water partition coefficient (Wildman–Crippen LogP) is 4.95. The molecule has 0 unspecified atom stereocenters. The lowest BCUT2D eigenvalue weighted by Gasteiger charge is -2.09. The number of aromatic amines is 1. The summed E-state index contributed by atoms with van der Waals surface area (Å²) in [5, 5.41) is 6.90. The fraction of sp³-hybridized carbons (Fsp3) is 0.0690. The first-order chi connectivity index (χ1) is 18.3. The van der Waals surface area contributed by atoms with Gasteiger partial charge in [0.2, 0.25) is 0 Å². The van der Waals surface area contributed by atoms with Crippen LogP contribution in [0.25, 0.3) is 22.0 Å². The van der Waals surface area contributed by atoms with Crippen LogP contribution < -0.4 is 21.9 Å². The lowest BCUT2D eigenvalue weighted by molar-refractivity contribution is 0.0945. The highest BCUT2D eigenvalue weighted by Crippen LogP contribution is 2.28. The van der Waals surface area contributed by atoms with Gasteiger partial charge in [-0.3, -0.25) is 14.4 Å². The average molecular weight is 526 g/mol. The van der Waals surface area contributed by atoms with Crippen molar-refractivity contribution in [3.05, 3.63) is 117 Å². The lowest BCUT2D eigenvalue weighted by Crippen LogP contribution is -2.23. The number of halogens is 1. The quantitative estimate of drug-likeness (QED) is 0.234. The predicted molar refractivity (Wildman–Crippen MR) is 150 cm³/mol. The number of amides is 2. The largest absolute Gasteiger partial charge is 0.397 e. The zero-order valence-electron chi connectivity index (χ0n) is 20.4. The summed E-state index contributed by atoms with van der Waals surface area (Å²) < 4.78 is 1.48. The van der Waals surface area contributed by atoms with Crippen LogP contribution in [0.2, 0.25) is 5.02 Å². The second kappa shape index (κ2) is 10.3. The first kappa shape index (κ1) is 24.9. The maximum Gasteiger partial charge on any atom is 0.274 e. The van der Waals surface area contributed by atoms with Crippen LogP contribution in [0, 0.1) is 0 Å². The number of hydrogen-bond acceptors (Lipinski definition) is 4. The second-order valence-corrected chi connectivity index (χ2v) is 9.29. The number of nitrogens with zero attached hydrogens (tertiary/aromatic N) is 1. The molecule has 0 atom stereocenters. The normalized spacial score (nSPS) is 10.9. The molecule has 5 aromatic rings. The van der Waals surface area contributed by atoms with E-state index in [1.807, 2.05) is 12.1 Å². The Balaban J connectivity index is 1.30. The molecule has 0 aliphatic carbocycles. The van der Waals surface area contributed by atoms with Crippen LogP contribution in [-0.2, 0) is 13.6 Å². The van der Waals surface area contributed by atoms with Crippen LogP contribution in [0.15, 0.2) is 89.9 Å². The summed E-state index contributed by atoms with van der Waals surface area (Å²) in [6.45, 7) is 0.240. The van der Waals surface area contributed by atoms with Crippen LogP contribution in [0.5, 0.6) is 0 Å². The standard InChI is InChI=1S/C29H24ClN5O3/c1-35-16-22(18-10-12-20(30)13-11-18)21-14-25(33-26(21)29(35)38)28(37)32-15-17-6-8-19(9-7-17)27(36)34-24-5-3-2-4-23(24)31/h2-14,16,33H,15,31H2,1H3,(H,32,37)(H,34,36). The summed E-state index contributed by atoms with van der Waals surface area (Å²) in [7, 11) is 1.67. The van der Waals surface area contributed by atoms with Gasteiger partial charge in [0.15, 0.2) is 0 Å². The Morgan fingerprint density at radius 1 is 0.974 bits per heavy atom. The lowest BCUT2D eigenvalue weighted by atomic mass is 10.0. The summed E-state index contributed by atoms with van der Waals surface area (Å²) in [5.41, 5.74) is 10.3. The highest BCUT2D eigenvalue weighted by Gasteiger charge is 2.16. The Kier molecular flexibility index (Phi) is 6.72. The van der Waals surface area contributed by atoms with Crippen molar-refractivity contribution in [3.8, 4) is 11.1 Å². The van der Waals surface area contributed by atoms with Gasteiger partial charge in [0.25, 0.3) is 17.4 Å². The minimum absolute atomic E-state index is 0.233. The molecule has 0 saturated carbocycles. The number of pyridine rings is 1. The molecule has 0 spiro atoms. The smallest absolute Gasteiger partial charge is 0.274 e. The molecule has 0 radical (unpaired) electrons. The van der Waals surface area contributed by atoms with E-state index in [-0.39, 0.29) is 29.6 Å². The minimum atomic E-state index is -0.355. The minimum Gasteiger partial charge on any atom is -0.397 e. The third-order valence-electron chi connectivity index (χ3n) is 6.24. The number of H-pyrrole nitrogens is 1. The first-order valence-corrected chi connectivity index (χ1v) is 12.2. The fourth-order valence-electron chi connectivity index (χ4n) is 4.17. The van der Waals surface area contributed by atoms with E-state index < -0.39 is 0 Å². The maximum absolute atomic E-state index is 12.9. The summed E-state index contributed by atoms with van der Waals surface area (Å²) in [5.74, 6) is -0.638. The monoisotopic (exact) mass is 525 g/mol. The Hall–Kier alpha value is -4.82. The molecule has 2 aromatic heterocycles. The molecule has 2 amide bonds. The van der Waals surface area contributed by atoms with Crippen molar-refractivity contribution < 1.29 is 9.59 Å². The van der Waals surface area contributed by atoms with Crippen molar-refractivity contribution in [1.29, 1.82) is 0 Å². The number of anilines is 2. The number of carbonyl (C=O) groups is 2. The Morgan fingerprint density at radius 2 is 1.68 bits per heavy atom. The van der Waals surface area contributed by atoms with Crippen LogP contribution in [0.1, 0.15) is 26.4 Å². The van der Waals surface area contributed by atoms with Gasteiger partial charge in [-0.05, 0) is 53.6 Å². The van der Waals surface area contributed by atoms with Crippen molar-refractivity contribution in [2.45, 2.75) is 6.54 Å². The van der Waals surface area contributed by atoms with Gasteiger partial charge in [-0.2, -0.15) is 0 Å². The van der Waals surface area contributed by atoms with Crippen LogP contribution in [0.4, 0.5) is 11.4 Å². The van der Waals surface area contributed by atoms with E-state index in [0.717, 1.165) is 16.7 Å². The van der Waals surface area contributed by atoms with Crippen molar-refractivity contribution in [3.63, 3.8) is 0 Å². The molecule has 0 fully saturated rings. The van der Waals surface area contributed by atoms with Gasteiger partial charge in [-0.1, -0.05) is 48.0 Å². The van der Waals surface area contributed by atoms with E-state index in [9.17, 15) is 14.4 Å². The number of hydrogen-bond donors (Lipinski definition) is 4. The van der Waals surface area contributed by atoms with Gasteiger partial charge < -0.3 is 25.9 Å². The number of fused-ring (bicyclic) bond motifs is 1. The highest BCUT2D eigenvalue weighted by molar-refractivity contribution is 6.30. The number of benzene rings is 3. The van der Waals surface area contributed by atoms with E-state index in [4.69, 9.17) is 17.3 Å². The van der Waals surface area contributed by atoms with Crippen LogP contribution in [0.3, 0.4) is 0 Å². The van der Waals surface area contributed by atoms with Gasteiger partial charge >= 0.3 is 0 Å². The number of carbonyl (C=O) groups excluding carboxylic acids is 2. The van der Waals surface area contributed by atoms with Crippen molar-refractivity contribution in [2.24, 2.45) is 7.05 Å². The molecule has 5 N–H and O–H groups in total. The maximum atomic E-state index is 12.9. The summed E-state index contributed by atoms with van der Waals surface area (Å²) >= 11 is 6.03. The average Bonchev–Trinajstić information content (AvgIpc) is 3.37. The fourth-order valence-corrected chi connectivity index (χ4v) is 4.30. The topological polar surface area (TPSA) is 122 Å². The summed E-state index contributed by atoms with van der Waals surface area (Å²) in [6.07, 6.45) is 1.74. The van der Waals surface area contributed by atoms with Gasteiger partial charge in [0.1, 0.15) is 11.2 Å². The van der Waals surface area contributed by atoms with E-state index in [0.29, 0.717) is 32.9 Å². The molecule has 2 heterocycles. The SMILES string of the molecule is Cn1cc(-c2ccc(Cl)cc2)c2cc(C(=O)NCc3ccc(C(=O)Nc4ccccc4N)cc3)[nH]c2c1=O. The Morgan fingerprint density at radius 3 is 2.39 bits per heavy atom. The van der Waals surface area contributed by atoms with Gasteiger partial charge in [0, 0.05) is 41.3 Å². The van der Waals surface area contributed by atoms with Gasteiger partial charge in [0.05, 0.1) is 11.4 Å². The zero-order chi connectivity index (χ0) is 26.8. The van der Waals surface area contributed by atoms with Crippen LogP contribution >= 0.6 is 11.6 Å². The molecular formula is C29H24ClN5O3. The summed E-state index contributed by atoms with van der Waals surface area (Å²) in [4.78, 5) is 41.2. The molecule has 38 heavy (non-hydrogen) atoms. The third-order valence-corrected chi connectivity index (χ3v) is 6.49. The molecule has 8 nitrogen and oxygen atoms in total. The Labute approximate surface area is 223 Å². The molecule has 0 aliphatic rings. The first-order valence-electron chi connectivity index (χ1n) is 11.8. The molecule has 0 saturated heterocycles. The zero-order valence-corrected chi connectivity index (χ0v) is 21.2. The van der Waals surface area contributed by atoms with E-state index in [2.05, 4.69) is 15.6 Å². The van der Waals surface area contributed by atoms with E-state index in [1.165, 1.54) is 4.57 Å². The third kappa shape index (κ3) is 5.02. The number of para-hydroxylation sites is 2. The second-order valence-electron chi connectivity index (χ2n) is 8.86. The molecule has 190 valence electrons. The van der Waals surface area contributed by atoms with E-state index >= 15 is 0 Å². The van der Waals surface area contributed by atoms with Crippen molar-refractivity contribution in [2.75, 3.05) is 11.1 Å². The highest BCUT2D eigenvalue weighted by atomic mass is 35.5. The number of rotatable bonds is 6. The molecule has 0 bridgehead atoms. The van der Waals surface area contributed by atoms with Gasteiger partial charge in [-0.25, -0.2) is 0 Å². The molecular weight excluding hydrogens is 502 g/mol. The van der Waals surface area contributed by atoms with Gasteiger partial charge in [-0.15, -0.1) is 0 Å². The van der Waals surface area contributed by atoms with Crippen molar-refractivity contribution in [1.82, 2.24) is 14.9 Å². The molecule has 5 rings (SSSR count). The number of nitrogens with two attached hydrogens (primary N) is 1. The number of nitrogens with one attached hydrogen (secondary N) is 3. The molecule has 3 aromatic carbocycles. The van der Waals surface area contributed by atoms with Crippen LogP contribution in [-0.4, -0.2) is 21.4 Å². The summed E-state index contributed by atoms with van der Waals surface area (Å²) in [6, 6.07) is 22.9. The molecule has 9 heteroatoms. The molecule has 0 aliphatic heterocycles. The number of nitrogen functional groups attached to an aromatic ring is 1. The Bertz CT molecular complexity index is 1720. The van der Waals surface area contributed by atoms with Crippen molar-refractivity contribution >= 4 is 45.7 Å².